The van der Waals surface area contributed by atoms with Crippen molar-refractivity contribution in [2.24, 2.45) is 0 Å². The van der Waals surface area contributed by atoms with Crippen LogP contribution in [0.3, 0.4) is 0 Å². The summed E-state index contributed by atoms with van der Waals surface area (Å²) in [5.74, 6) is 0.413. The number of hydrogen-bond acceptors (Lipinski definition) is 3. The van der Waals surface area contributed by atoms with Crippen molar-refractivity contribution < 1.29 is 12.8 Å². The van der Waals surface area contributed by atoms with Gasteiger partial charge in [0.05, 0.1) is 4.90 Å². The smallest absolute Gasteiger partial charge is 0.207 e. The van der Waals surface area contributed by atoms with Crippen molar-refractivity contribution in [2.45, 2.75) is 30.9 Å². The van der Waals surface area contributed by atoms with E-state index in [2.05, 4.69) is 0 Å². The molecule has 1 atom stereocenters. The lowest BCUT2D eigenvalue weighted by atomic mass is 10.1. The number of benzene rings is 1. The highest BCUT2D eigenvalue weighted by Crippen LogP contribution is 2.28. The van der Waals surface area contributed by atoms with E-state index in [1.807, 2.05) is 6.92 Å². The number of rotatable bonds is 2. The molecule has 0 aliphatic carbocycles. The van der Waals surface area contributed by atoms with Crippen LogP contribution < -0.4 is 0 Å². The van der Waals surface area contributed by atoms with E-state index in [-0.39, 0.29) is 4.90 Å². The SMILES string of the molecule is Cc1cc(F)cc(C)c1S(=O)(=O)N1CCSC(C)C1. The molecule has 106 valence electrons. The molecule has 1 aliphatic heterocycles. The van der Waals surface area contributed by atoms with Crippen LogP contribution >= 0.6 is 11.8 Å². The van der Waals surface area contributed by atoms with Gasteiger partial charge in [-0.05, 0) is 37.1 Å². The standard InChI is InChI=1S/C13H18FNO2S2/c1-9-6-12(14)7-10(2)13(9)19(16,17)15-4-5-18-11(3)8-15/h6-7,11H,4-5,8H2,1-3H3. The summed E-state index contributed by atoms with van der Waals surface area (Å²) in [6.07, 6.45) is 0. The van der Waals surface area contributed by atoms with Crippen molar-refractivity contribution in [3.8, 4) is 0 Å². The Labute approximate surface area is 118 Å². The van der Waals surface area contributed by atoms with Crippen LogP contribution in [0.4, 0.5) is 4.39 Å². The van der Waals surface area contributed by atoms with Gasteiger partial charge in [0.1, 0.15) is 5.82 Å². The molecule has 0 aromatic heterocycles. The maximum absolute atomic E-state index is 13.3. The Kier molecular flexibility index (Phi) is 4.23. The van der Waals surface area contributed by atoms with E-state index < -0.39 is 15.8 Å². The third-order valence-electron chi connectivity index (χ3n) is 3.23. The first-order chi connectivity index (χ1) is 8.82. The van der Waals surface area contributed by atoms with Crippen LogP contribution in [-0.4, -0.2) is 36.8 Å². The summed E-state index contributed by atoms with van der Waals surface area (Å²) in [4.78, 5) is 0.257. The van der Waals surface area contributed by atoms with Gasteiger partial charge in [0.15, 0.2) is 0 Å². The topological polar surface area (TPSA) is 37.4 Å². The van der Waals surface area contributed by atoms with Gasteiger partial charge in [0.25, 0.3) is 0 Å². The number of nitrogens with zero attached hydrogens (tertiary/aromatic N) is 1. The molecule has 1 aromatic carbocycles. The maximum atomic E-state index is 13.3. The second-order valence-corrected chi connectivity index (χ2v) is 8.33. The summed E-state index contributed by atoms with van der Waals surface area (Å²) in [7, 11) is -3.52. The van der Waals surface area contributed by atoms with E-state index in [1.54, 1.807) is 25.6 Å². The molecule has 1 fully saturated rings. The normalized spacial score (nSPS) is 21.6. The predicted octanol–water partition coefficient (Wildman–Crippen LogP) is 2.57. The first-order valence-electron chi connectivity index (χ1n) is 6.21. The van der Waals surface area contributed by atoms with Crippen LogP contribution in [0.5, 0.6) is 0 Å². The molecular weight excluding hydrogens is 285 g/mol. The van der Waals surface area contributed by atoms with Gasteiger partial charge in [-0.2, -0.15) is 16.1 Å². The summed E-state index contributed by atoms with van der Waals surface area (Å²) < 4.78 is 40.2. The molecule has 1 aliphatic rings. The lowest BCUT2D eigenvalue weighted by Crippen LogP contribution is -2.41. The third kappa shape index (κ3) is 2.95. The predicted molar refractivity (Wildman–Crippen MR) is 76.6 cm³/mol. The molecule has 19 heavy (non-hydrogen) atoms. The fourth-order valence-electron chi connectivity index (χ4n) is 2.44. The molecule has 0 saturated carbocycles. The molecule has 1 unspecified atom stereocenters. The second kappa shape index (κ2) is 5.42. The van der Waals surface area contributed by atoms with Gasteiger partial charge in [-0.25, -0.2) is 12.8 Å². The van der Waals surface area contributed by atoms with Crippen LogP contribution in [-0.2, 0) is 10.0 Å². The first kappa shape index (κ1) is 14.8. The third-order valence-corrected chi connectivity index (χ3v) is 6.53. The molecule has 0 radical (unpaired) electrons. The van der Waals surface area contributed by atoms with Gasteiger partial charge in [0.2, 0.25) is 10.0 Å². The Bertz CT molecular complexity index is 563. The zero-order valence-electron chi connectivity index (χ0n) is 11.3. The highest BCUT2D eigenvalue weighted by atomic mass is 32.2. The van der Waals surface area contributed by atoms with Crippen molar-refractivity contribution in [2.75, 3.05) is 18.8 Å². The summed E-state index contributed by atoms with van der Waals surface area (Å²) in [6.45, 7) is 6.35. The minimum atomic E-state index is -3.52. The van der Waals surface area contributed by atoms with Crippen molar-refractivity contribution in [1.29, 1.82) is 0 Å². The van der Waals surface area contributed by atoms with Gasteiger partial charge in [0, 0.05) is 24.1 Å². The maximum Gasteiger partial charge on any atom is 0.243 e. The fourth-order valence-corrected chi connectivity index (χ4v) is 5.60. The Morgan fingerprint density at radius 1 is 1.32 bits per heavy atom. The minimum Gasteiger partial charge on any atom is -0.207 e. The van der Waals surface area contributed by atoms with Gasteiger partial charge in [-0.3, -0.25) is 0 Å². The molecule has 1 saturated heterocycles. The number of hydrogen-bond donors (Lipinski definition) is 0. The first-order valence-corrected chi connectivity index (χ1v) is 8.69. The van der Waals surface area contributed by atoms with E-state index >= 15 is 0 Å². The summed E-state index contributed by atoms with van der Waals surface area (Å²) in [6, 6.07) is 2.56. The monoisotopic (exact) mass is 303 g/mol. The van der Waals surface area contributed by atoms with Gasteiger partial charge in [-0.1, -0.05) is 6.92 Å². The molecule has 6 heteroatoms. The molecule has 0 N–H and O–H groups in total. The molecular formula is C13H18FNO2S2. The zero-order chi connectivity index (χ0) is 14.2. The van der Waals surface area contributed by atoms with E-state index in [0.717, 1.165) is 5.75 Å². The van der Waals surface area contributed by atoms with Crippen molar-refractivity contribution >= 4 is 21.8 Å². The van der Waals surface area contributed by atoms with Crippen molar-refractivity contribution in [3.63, 3.8) is 0 Å². The quantitative estimate of drug-likeness (QED) is 0.842. The minimum absolute atomic E-state index is 0.257. The summed E-state index contributed by atoms with van der Waals surface area (Å²) >= 11 is 1.78. The van der Waals surface area contributed by atoms with E-state index in [1.165, 1.54) is 16.4 Å². The van der Waals surface area contributed by atoms with Gasteiger partial charge < -0.3 is 0 Å². The lowest BCUT2D eigenvalue weighted by Gasteiger charge is -2.30. The molecule has 3 nitrogen and oxygen atoms in total. The molecule has 0 amide bonds. The van der Waals surface area contributed by atoms with Gasteiger partial charge in [-0.15, -0.1) is 0 Å². The second-order valence-electron chi connectivity index (χ2n) is 4.91. The molecule has 0 bridgehead atoms. The largest absolute Gasteiger partial charge is 0.243 e. The number of halogens is 1. The van der Waals surface area contributed by atoms with E-state index in [4.69, 9.17) is 0 Å². The highest BCUT2D eigenvalue weighted by Gasteiger charge is 2.31. The average Bonchev–Trinajstić information content (AvgIpc) is 2.26. The van der Waals surface area contributed by atoms with Crippen LogP contribution in [0.1, 0.15) is 18.1 Å². The summed E-state index contributed by atoms with van der Waals surface area (Å²) in [5.41, 5.74) is 0.951. The molecule has 1 aromatic rings. The highest BCUT2D eigenvalue weighted by molar-refractivity contribution is 8.00. The molecule has 2 rings (SSSR count). The zero-order valence-corrected chi connectivity index (χ0v) is 12.9. The van der Waals surface area contributed by atoms with E-state index in [0.29, 0.717) is 29.5 Å². The Morgan fingerprint density at radius 3 is 2.42 bits per heavy atom. The van der Waals surface area contributed by atoms with Crippen LogP contribution in [0, 0.1) is 19.7 Å². The molecule has 1 heterocycles. The fraction of sp³-hybridized carbons (Fsp3) is 0.538. The van der Waals surface area contributed by atoms with Crippen LogP contribution in [0.25, 0.3) is 0 Å². The summed E-state index contributed by atoms with van der Waals surface area (Å²) in [5, 5.41) is 0.296. The van der Waals surface area contributed by atoms with E-state index in [9.17, 15) is 12.8 Å². The van der Waals surface area contributed by atoms with Gasteiger partial charge >= 0.3 is 0 Å². The number of aryl methyl sites for hydroxylation is 2. The van der Waals surface area contributed by atoms with Crippen LogP contribution in [0.15, 0.2) is 17.0 Å². The Morgan fingerprint density at radius 2 is 1.89 bits per heavy atom. The van der Waals surface area contributed by atoms with Crippen LogP contribution in [0.2, 0.25) is 0 Å². The lowest BCUT2D eigenvalue weighted by molar-refractivity contribution is 0.423. The van der Waals surface area contributed by atoms with Crippen molar-refractivity contribution in [1.82, 2.24) is 4.31 Å². The Hall–Kier alpha value is -0.590. The molecule has 0 spiro atoms. The number of thioether (sulfide) groups is 1. The Balaban J connectivity index is 2.45. The average molecular weight is 303 g/mol. The number of sulfonamides is 1. The van der Waals surface area contributed by atoms with Crippen molar-refractivity contribution in [3.05, 3.63) is 29.1 Å².